The fourth-order valence-corrected chi connectivity index (χ4v) is 3.66. The molecule has 0 atom stereocenters. The van der Waals surface area contributed by atoms with Crippen LogP contribution in [0.3, 0.4) is 0 Å². The van der Waals surface area contributed by atoms with Crippen LogP contribution in [0.2, 0.25) is 0 Å². The van der Waals surface area contributed by atoms with Crippen LogP contribution in [0.1, 0.15) is 22.6 Å². The second-order valence-corrected chi connectivity index (χ2v) is 8.17. The summed E-state index contributed by atoms with van der Waals surface area (Å²) in [4.78, 5) is 17.1. The standard InChI is InChI=1S/C30H29NO6/c1-21-25(31-29(37-21)24-12-8-5-9-13-24)16-17-35-26-15-14-23(18-27(26)33-2)19-28(34-3)30(32)36-20-22-10-6-4-7-11-22/h4-15,18-19H,16-17,20H2,1-3H3/b28-19-. The first kappa shape index (κ1) is 25.6. The number of hydrogen-bond donors (Lipinski definition) is 0. The molecule has 0 bridgehead atoms. The lowest BCUT2D eigenvalue weighted by molar-refractivity contribution is -0.143. The van der Waals surface area contributed by atoms with Crippen LogP contribution in [-0.4, -0.2) is 31.8 Å². The number of esters is 1. The van der Waals surface area contributed by atoms with Crippen molar-refractivity contribution in [2.24, 2.45) is 0 Å². The molecule has 0 radical (unpaired) electrons. The summed E-state index contributed by atoms with van der Waals surface area (Å²) >= 11 is 0. The number of hydrogen-bond acceptors (Lipinski definition) is 7. The Balaban J connectivity index is 1.38. The molecule has 0 spiro atoms. The highest BCUT2D eigenvalue weighted by Crippen LogP contribution is 2.30. The van der Waals surface area contributed by atoms with E-state index in [1.807, 2.05) is 73.7 Å². The summed E-state index contributed by atoms with van der Waals surface area (Å²) in [6, 6.07) is 24.6. The van der Waals surface area contributed by atoms with Crippen LogP contribution in [0.4, 0.5) is 0 Å². The van der Waals surface area contributed by atoms with Gasteiger partial charge in [-0.05, 0) is 48.4 Å². The number of carbonyl (C=O) groups excluding carboxylic acids is 1. The van der Waals surface area contributed by atoms with Gasteiger partial charge >= 0.3 is 5.97 Å². The Morgan fingerprint density at radius 1 is 0.946 bits per heavy atom. The molecule has 1 aromatic heterocycles. The first-order chi connectivity index (χ1) is 18.1. The molecular weight excluding hydrogens is 470 g/mol. The maximum Gasteiger partial charge on any atom is 0.373 e. The van der Waals surface area contributed by atoms with E-state index in [0.717, 1.165) is 22.6 Å². The Bertz CT molecular complexity index is 1350. The molecule has 0 amide bonds. The minimum Gasteiger partial charge on any atom is -0.493 e. The minimum atomic E-state index is -0.552. The second-order valence-electron chi connectivity index (χ2n) is 8.17. The van der Waals surface area contributed by atoms with Gasteiger partial charge in [-0.2, -0.15) is 0 Å². The van der Waals surface area contributed by atoms with Gasteiger partial charge in [0.25, 0.3) is 0 Å². The average Bonchev–Trinajstić information content (AvgIpc) is 3.32. The predicted octanol–water partition coefficient (Wildman–Crippen LogP) is 6.01. The molecule has 190 valence electrons. The zero-order valence-electron chi connectivity index (χ0n) is 21.1. The number of oxazole rings is 1. The van der Waals surface area contributed by atoms with Crippen LogP contribution in [0.25, 0.3) is 17.5 Å². The van der Waals surface area contributed by atoms with Crippen LogP contribution >= 0.6 is 0 Å². The molecule has 0 saturated carbocycles. The molecule has 0 unspecified atom stereocenters. The SMILES string of the molecule is CO/C(=C\c1ccc(OCCc2nc(-c3ccccc3)oc2C)c(OC)c1)C(=O)OCc1ccccc1. The van der Waals surface area contributed by atoms with Crippen molar-refractivity contribution in [3.8, 4) is 23.0 Å². The van der Waals surface area contributed by atoms with Crippen LogP contribution in [0.15, 0.2) is 89.0 Å². The highest BCUT2D eigenvalue weighted by atomic mass is 16.6. The highest BCUT2D eigenvalue weighted by molar-refractivity contribution is 5.91. The number of aryl methyl sites for hydroxylation is 1. The number of carbonyl (C=O) groups is 1. The van der Waals surface area contributed by atoms with Crippen molar-refractivity contribution >= 4 is 12.0 Å². The summed E-state index contributed by atoms with van der Waals surface area (Å²) in [7, 11) is 2.99. The normalized spacial score (nSPS) is 11.2. The molecule has 1 heterocycles. The average molecular weight is 500 g/mol. The molecule has 0 saturated heterocycles. The van der Waals surface area contributed by atoms with Gasteiger partial charge in [0.05, 0.1) is 26.5 Å². The van der Waals surface area contributed by atoms with Crippen molar-refractivity contribution in [3.63, 3.8) is 0 Å². The quantitative estimate of drug-likeness (QED) is 0.142. The Morgan fingerprint density at radius 2 is 1.68 bits per heavy atom. The van der Waals surface area contributed by atoms with Gasteiger partial charge in [0.15, 0.2) is 11.5 Å². The van der Waals surface area contributed by atoms with Gasteiger partial charge in [0.1, 0.15) is 12.4 Å². The van der Waals surface area contributed by atoms with Crippen LogP contribution < -0.4 is 9.47 Å². The number of rotatable bonds is 11. The molecule has 0 aliphatic rings. The van der Waals surface area contributed by atoms with Gasteiger partial charge in [-0.15, -0.1) is 0 Å². The van der Waals surface area contributed by atoms with Crippen molar-refractivity contribution < 1.29 is 28.2 Å². The summed E-state index contributed by atoms with van der Waals surface area (Å²) < 4.78 is 27.9. The number of methoxy groups -OCH3 is 2. The van der Waals surface area contributed by atoms with E-state index in [-0.39, 0.29) is 12.4 Å². The summed E-state index contributed by atoms with van der Waals surface area (Å²) in [5, 5.41) is 0. The molecule has 7 heteroatoms. The van der Waals surface area contributed by atoms with E-state index in [4.69, 9.17) is 23.4 Å². The Kier molecular flexibility index (Phi) is 8.60. The molecule has 0 aliphatic carbocycles. The lowest BCUT2D eigenvalue weighted by Crippen LogP contribution is -2.09. The number of benzene rings is 3. The summed E-state index contributed by atoms with van der Waals surface area (Å²) in [5.74, 6) is 2.00. The third kappa shape index (κ3) is 6.79. The maximum absolute atomic E-state index is 12.5. The zero-order chi connectivity index (χ0) is 26.0. The van der Waals surface area contributed by atoms with E-state index in [2.05, 4.69) is 4.98 Å². The summed E-state index contributed by atoms with van der Waals surface area (Å²) in [6.07, 6.45) is 2.18. The largest absolute Gasteiger partial charge is 0.493 e. The number of aromatic nitrogens is 1. The first-order valence-electron chi connectivity index (χ1n) is 11.9. The van der Waals surface area contributed by atoms with E-state index >= 15 is 0 Å². The van der Waals surface area contributed by atoms with E-state index in [1.165, 1.54) is 7.11 Å². The molecule has 0 N–H and O–H groups in total. The van der Waals surface area contributed by atoms with E-state index in [1.54, 1.807) is 25.3 Å². The highest BCUT2D eigenvalue weighted by Gasteiger charge is 2.15. The number of ether oxygens (including phenoxy) is 4. The first-order valence-corrected chi connectivity index (χ1v) is 11.9. The maximum atomic E-state index is 12.5. The topological polar surface area (TPSA) is 80.0 Å². The monoisotopic (exact) mass is 499 g/mol. The third-order valence-electron chi connectivity index (χ3n) is 5.63. The van der Waals surface area contributed by atoms with Crippen molar-refractivity contribution in [3.05, 3.63) is 107 Å². The van der Waals surface area contributed by atoms with Crippen molar-refractivity contribution in [2.75, 3.05) is 20.8 Å². The van der Waals surface area contributed by atoms with Crippen LogP contribution in [0, 0.1) is 6.92 Å². The number of nitrogens with zero attached hydrogens (tertiary/aromatic N) is 1. The van der Waals surface area contributed by atoms with Crippen LogP contribution in [-0.2, 0) is 27.3 Å². The lowest BCUT2D eigenvalue weighted by Gasteiger charge is -2.12. The van der Waals surface area contributed by atoms with Gasteiger partial charge in [-0.3, -0.25) is 0 Å². The lowest BCUT2D eigenvalue weighted by atomic mass is 10.1. The third-order valence-corrected chi connectivity index (χ3v) is 5.63. The van der Waals surface area contributed by atoms with Gasteiger partial charge in [-0.25, -0.2) is 9.78 Å². The zero-order valence-corrected chi connectivity index (χ0v) is 21.1. The second kappa shape index (κ2) is 12.4. The molecule has 3 aromatic carbocycles. The molecular formula is C30H29NO6. The van der Waals surface area contributed by atoms with Crippen molar-refractivity contribution in [2.45, 2.75) is 20.0 Å². The van der Waals surface area contributed by atoms with Crippen molar-refractivity contribution in [1.82, 2.24) is 4.98 Å². The molecule has 0 aliphatic heterocycles. The van der Waals surface area contributed by atoms with E-state index in [0.29, 0.717) is 36.0 Å². The molecule has 4 aromatic rings. The molecule has 4 rings (SSSR count). The van der Waals surface area contributed by atoms with Gasteiger partial charge in [-0.1, -0.05) is 54.6 Å². The molecule has 7 nitrogen and oxygen atoms in total. The van der Waals surface area contributed by atoms with E-state index < -0.39 is 5.97 Å². The Labute approximate surface area is 216 Å². The fraction of sp³-hybridized carbons (Fsp3) is 0.200. The van der Waals surface area contributed by atoms with E-state index in [9.17, 15) is 4.79 Å². The van der Waals surface area contributed by atoms with Gasteiger partial charge in [0.2, 0.25) is 11.6 Å². The summed E-state index contributed by atoms with van der Waals surface area (Å²) in [6.45, 7) is 2.45. The van der Waals surface area contributed by atoms with Crippen molar-refractivity contribution in [1.29, 1.82) is 0 Å². The fourth-order valence-electron chi connectivity index (χ4n) is 3.66. The van der Waals surface area contributed by atoms with Gasteiger partial charge < -0.3 is 23.4 Å². The Hall–Kier alpha value is -4.52. The Morgan fingerprint density at radius 3 is 2.38 bits per heavy atom. The van der Waals surface area contributed by atoms with Gasteiger partial charge in [0, 0.05) is 12.0 Å². The molecule has 37 heavy (non-hydrogen) atoms. The predicted molar refractivity (Wildman–Crippen MR) is 140 cm³/mol. The minimum absolute atomic E-state index is 0.0855. The smallest absolute Gasteiger partial charge is 0.373 e. The molecule has 0 fully saturated rings. The van der Waals surface area contributed by atoms with Crippen LogP contribution in [0.5, 0.6) is 11.5 Å². The summed E-state index contributed by atoms with van der Waals surface area (Å²) in [5.41, 5.74) is 3.38.